The van der Waals surface area contributed by atoms with Crippen LogP contribution in [0.3, 0.4) is 0 Å². The molecular formula is C13H19N3O. The van der Waals surface area contributed by atoms with Crippen LogP contribution in [0.15, 0.2) is 24.4 Å². The third kappa shape index (κ3) is 3.27. The van der Waals surface area contributed by atoms with E-state index in [0.29, 0.717) is 0 Å². The van der Waals surface area contributed by atoms with Crippen molar-refractivity contribution in [3.05, 3.63) is 30.1 Å². The summed E-state index contributed by atoms with van der Waals surface area (Å²) in [5, 5.41) is 6.28. The van der Waals surface area contributed by atoms with Crippen LogP contribution in [0, 0.1) is 0 Å². The minimum Gasteiger partial charge on any atom is -0.355 e. The summed E-state index contributed by atoms with van der Waals surface area (Å²) in [6, 6.07) is 5.86. The molecule has 1 saturated heterocycles. The maximum atomic E-state index is 11.8. The third-order valence-electron chi connectivity index (χ3n) is 3.12. The lowest BCUT2D eigenvalue weighted by Gasteiger charge is -2.20. The van der Waals surface area contributed by atoms with Gasteiger partial charge < -0.3 is 5.32 Å². The summed E-state index contributed by atoms with van der Waals surface area (Å²) in [7, 11) is 0. The summed E-state index contributed by atoms with van der Waals surface area (Å²) < 4.78 is 0. The van der Waals surface area contributed by atoms with Gasteiger partial charge in [-0.2, -0.15) is 0 Å². The van der Waals surface area contributed by atoms with E-state index in [9.17, 15) is 4.79 Å². The van der Waals surface area contributed by atoms with Crippen molar-refractivity contribution < 1.29 is 4.79 Å². The van der Waals surface area contributed by atoms with Gasteiger partial charge in [0.1, 0.15) is 0 Å². The van der Waals surface area contributed by atoms with Gasteiger partial charge in [-0.3, -0.25) is 15.1 Å². The van der Waals surface area contributed by atoms with Gasteiger partial charge in [-0.15, -0.1) is 0 Å². The van der Waals surface area contributed by atoms with Crippen molar-refractivity contribution in [3.8, 4) is 0 Å². The summed E-state index contributed by atoms with van der Waals surface area (Å²) in [6.45, 7) is 2.84. The van der Waals surface area contributed by atoms with Gasteiger partial charge in [0.25, 0.3) is 0 Å². The fraction of sp³-hybridized carbons (Fsp3) is 0.538. The Kier molecular flexibility index (Phi) is 4.09. The molecule has 1 amide bonds. The molecule has 0 saturated carbocycles. The van der Waals surface area contributed by atoms with Crippen molar-refractivity contribution in [1.29, 1.82) is 0 Å². The van der Waals surface area contributed by atoms with E-state index < -0.39 is 0 Å². The molecule has 0 radical (unpaired) electrons. The van der Waals surface area contributed by atoms with E-state index in [1.165, 1.54) is 0 Å². The Morgan fingerprint density at radius 3 is 3.12 bits per heavy atom. The normalized spacial score (nSPS) is 22.6. The molecule has 2 atom stereocenters. The molecule has 0 aromatic carbocycles. The molecule has 4 heteroatoms. The number of hydrogen-bond acceptors (Lipinski definition) is 3. The zero-order valence-electron chi connectivity index (χ0n) is 10.1. The average Bonchev–Trinajstić information content (AvgIpc) is 2.56. The number of rotatable bonds is 3. The zero-order chi connectivity index (χ0) is 12.1. The van der Waals surface area contributed by atoms with Crippen LogP contribution in [0.1, 0.15) is 37.9 Å². The summed E-state index contributed by atoms with van der Waals surface area (Å²) in [6.07, 6.45) is 4.84. The first-order chi connectivity index (χ1) is 8.27. The number of amides is 1. The van der Waals surface area contributed by atoms with E-state index in [2.05, 4.69) is 15.6 Å². The van der Waals surface area contributed by atoms with Crippen LogP contribution in [-0.2, 0) is 4.79 Å². The highest BCUT2D eigenvalue weighted by molar-refractivity contribution is 5.81. The molecule has 1 aromatic rings. The molecule has 2 heterocycles. The Hall–Kier alpha value is -1.42. The SMILES string of the molecule is C[C@H](NC1CCCCNC1=O)c1ccccn1. The molecule has 1 aliphatic rings. The molecule has 2 rings (SSSR count). The second-order valence-corrected chi connectivity index (χ2v) is 4.48. The van der Waals surface area contributed by atoms with Crippen LogP contribution in [0.4, 0.5) is 0 Å². The first-order valence-electron chi connectivity index (χ1n) is 6.22. The maximum Gasteiger partial charge on any atom is 0.237 e. The van der Waals surface area contributed by atoms with E-state index in [1.54, 1.807) is 6.20 Å². The summed E-state index contributed by atoms with van der Waals surface area (Å²) in [5.74, 6) is 0.116. The Labute approximate surface area is 102 Å². The number of carbonyl (C=O) groups excluding carboxylic acids is 1. The number of nitrogens with one attached hydrogen (secondary N) is 2. The number of carbonyl (C=O) groups is 1. The Bertz CT molecular complexity index is 366. The molecule has 0 aliphatic carbocycles. The van der Waals surface area contributed by atoms with Crippen LogP contribution >= 0.6 is 0 Å². The van der Waals surface area contributed by atoms with Gasteiger partial charge in [0.15, 0.2) is 0 Å². The predicted molar refractivity (Wildman–Crippen MR) is 66.4 cm³/mol. The van der Waals surface area contributed by atoms with E-state index in [0.717, 1.165) is 31.5 Å². The molecule has 92 valence electrons. The largest absolute Gasteiger partial charge is 0.355 e. The lowest BCUT2D eigenvalue weighted by atomic mass is 10.1. The zero-order valence-corrected chi connectivity index (χ0v) is 10.1. The topological polar surface area (TPSA) is 54.0 Å². The molecule has 1 unspecified atom stereocenters. The number of hydrogen-bond donors (Lipinski definition) is 2. The Balaban J connectivity index is 1.97. The lowest BCUT2D eigenvalue weighted by molar-refractivity contribution is -0.123. The molecule has 2 N–H and O–H groups in total. The quantitative estimate of drug-likeness (QED) is 0.829. The monoisotopic (exact) mass is 233 g/mol. The first-order valence-corrected chi connectivity index (χ1v) is 6.22. The Morgan fingerprint density at radius 2 is 2.35 bits per heavy atom. The lowest BCUT2D eigenvalue weighted by Crippen LogP contribution is -2.43. The van der Waals surface area contributed by atoms with Gasteiger partial charge in [-0.25, -0.2) is 0 Å². The summed E-state index contributed by atoms with van der Waals surface area (Å²) >= 11 is 0. The minimum absolute atomic E-state index is 0.0884. The van der Waals surface area contributed by atoms with E-state index in [1.807, 2.05) is 25.1 Å². The molecule has 1 aliphatic heterocycles. The van der Waals surface area contributed by atoms with Crippen LogP contribution in [0.25, 0.3) is 0 Å². The van der Waals surface area contributed by atoms with Gasteiger partial charge in [-0.05, 0) is 38.3 Å². The van der Waals surface area contributed by atoms with Crippen molar-refractivity contribution in [1.82, 2.24) is 15.6 Å². The minimum atomic E-state index is -0.0884. The van der Waals surface area contributed by atoms with Gasteiger partial charge in [0.05, 0.1) is 11.7 Å². The summed E-state index contributed by atoms with van der Waals surface area (Å²) in [5.41, 5.74) is 0.976. The average molecular weight is 233 g/mol. The molecule has 1 aromatic heterocycles. The fourth-order valence-electron chi connectivity index (χ4n) is 2.12. The predicted octanol–water partition coefficient (Wildman–Crippen LogP) is 1.40. The smallest absolute Gasteiger partial charge is 0.237 e. The van der Waals surface area contributed by atoms with Crippen molar-refractivity contribution in [2.45, 2.75) is 38.3 Å². The van der Waals surface area contributed by atoms with Crippen LogP contribution in [0.2, 0.25) is 0 Å². The highest BCUT2D eigenvalue weighted by atomic mass is 16.2. The molecule has 17 heavy (non-hydrogen) atoms. The van der Waals surface area contributed by atoms with E-state index in [4.69, 9.17) is 0 Å². The second kappa shape index (κ2) is 5.77. The highest BCUT2D eigenvalue weighted by Crippen LogP contribution is 2.13. The van der Waals surface area contributed by atoms with Crippen molar-refractivity contribution in [3.63, 3.8) is 0 Å². The van der Waals surface area contributed by atoms with Crippen molar-refractivity contribution in [2.24, 2.45) is 0 Å². The Morgan fingerprint density at radius 1 is 1.47 bits per heavy atom. The fourth-order valence-corrected chi connectivity index (χ4v) is 2.12. The van der Waals surface area contributed by atoms with E-state index >= 15 is 0 Å². The van der Waals surface area contributed by atoms with Crippen LogP contribution in [0.5, 0.6) is 0 Å². The highest BCUT2D eigenvalue weighted by Gasteiger charge is 2.22. The maximum absolute atomic E-state index is 11.8. The van der Waals surface area contributed by atoms with Crippen molar-refractivity contribution in [2.75, 3.05) is 6.54 Å². The van der Waals surface area contributed by atoms with Gasteiger partial charge in [0.2, 0.25) is 5.91 Å². The molecule has 0 bridgehead atoms. The number of aromatic nitrogens is 1. The van der Waals surface area contributed by atoms with Crippen LogP contribution < -0.4 is 10.6 Å². The molecular weight excluding hydrogens is 214 g/mol. The van der Waals surface area contributed by atoms with Gasteiger partial charge in [0, 0.05) is 18.8 Å². The summed E-state index contributed by atoms with van der Waals surface area (Å²) in [4.78, 5) is 16.1. The number of nitrogens with zero attached hydrogens (tertiary/aromatic N) is 1. The van der Waals surface area contributed by atoms with Crippen LogP contribution in [-0.4, -0.2) is 23.5 Å². The molecule has 4 nitrogen and oxygen atoms in total. The molecule has 1 fully saturated rings. The second-order valence-electron chi connectivity index (χ2n) is 4.48. The standard InChI is InChI=1S/C13H19N3O/c1-10(11-6-2-4-8-14-11)16-12-7-3-5-9-15-13(12)17/h2,4,6,8,10,12,16H,3,5,7,9H2,1H3,(H,15,17)/t10-,12?/m0/s1. The van der Waals surface area contributed by atoms with Crippen molar-refractivity contribution >= 4 is 5.91 Å². The number of pyridine rings is 1. The van der Waals surface area contributed by atoms with Gasteiger partial charge in [-0.1, -0.05) is 6.07 Å². The third-order valence-corrected chi connectivity index (χ3v) is 3.12. The van der Waals surface area contributed by atoms with Gasteiger partial charge >= 0.3 is 0 Å². The van der Waals surface area contributed by atoms with E-state index in [-0.39, 0.29) is 18.0 Å². The molecule has 0 spiro atoms. The first kappa shape index (κ1) is 12.0.